The van der Waals surface area contributed by atoms with Gasteiger partial charge in [-0.25, -0.2) is 8.78 Å². The van der Waals surface area contributed by atoms with Crippen LogP contribution in [0.2, 0.25) is 10.0 Å². The van der Waals surface area contributed by atoms with Crippen LogP contribution in [0, 0.1) is 11.6 Å². The molecular weight excluding hydrogens is 379 g/mol. The lowest BCUT2D eigenvalue weighted by Crippen LogP contribution is -2.04. The molecule has 0 heterocycles. The first-order valence-electron chi connectivity index (χ1n) is 7.86. The predicted octanol–water partition coefficient (Wildman–Crippen LogP) is 6.46. The van der Waals surface area contributed by atoms with Crippen molar-refractivity contribution >= 4 is 28.9 Å². The second-order valence-electron chi connectivity index (χ2n) is 5.65. The summed E-state index contributed by atoms with van der Waals surface area (Å²) in [4.78, 5) is 0. The molecule has 0 amide bonds. The average Bonchev–Trinajstić information content (AvgIpc) is 2.62. The average molecular weight is 394 g/mol. The van der Waals surface area contributed by atoms with Crippen LogP contribution in [0.5, 0.6) is 5.75 Å². The third kappa shape index (κ3) is 4.87. The summed E-state index contributed by atoms with van der Waals surface area (Å²) in [5, 5.41) is 3.77. The highest BCUT2D eigenvalue weighted by molar-refractivity contribution is 6.31. The summed E-state index contributed by atoms with van der Waals surface area (Å²) in [6.07, 6.45) is 0. The Balaban J connectivity index is 1.71. The molecule has 6 heteroatoms. The highest BCUT2D eigenvalue weighted by Gasteiger charge is 2.07. The molecule has 0 fully saturated rings. The Kier molecular flexibility index (Phi) is 5.96. The van der Waals surface area contributed by atoms with Gasteiger partial charge in [0.1, 0.15) is 24.0 Å². The lowest BCUT2D eigenvalue weighted by molar-refractivity contribution is 0.302. The number of nitrogens with one attached hydrogen (secondary N) is 1. The second kappa shape index (κ2) is 8.39. The van der Waals surface area contributed by atoms with Crippen molar-refractivity contribution in [3.63, 3.8) is 0 Å². The van der Waals surface area contributed by atoms with Gasteiger partial charge in [0, 0.05) is 22.8 Å². The summed E-state index contributed by atoms with van der Waals surface area (Å²) < 4.78 is 32.3. The molecule has 0 saturated carbocycles. The molecule has 0 spiro atoms. The van der Waals surface area contributed by atoms with Crippen molar-refractivity contribution in [3.8, 4) is 5.75 Å². The molecule has 0 aromatic heterocycles. The van der Waals surface area contributed by atoms with E-state index in [2.05, 4.69) is 5.32 Å². The van der Waals surface area contributed by atoms with E-state index in [-0.39, 0.29) is 17.4 Å². The maximum Gasteiger partial charge on any atom is 0.141 e. The van der Waals surface area contributed by atoms with Gasteiger partial charge in [0.05, 0.1) is 5.02 Å². The van der Waals surface area contributed by atoms with Crippen molar-refractivity contribution < 1.29 is 13.5 Å². The maximum atomic E-state index is 13.3. The lowest BCUT2D eigenvalue weighted by Gasteiger charge is -2.14. The third-order valence-corrected chi connectivity index (χ3v) is 4.23. The Morgan fingerprint density at radius 2 is 1.77 bits per heavy atom. The zero-order chi connectivity index (χ0) is 18.5. The Bertz CT molecular complexity index is 918. The van der Waals surface area contributed by atoms with Crippen molar-refractivity contribution in [1.29, 1.82) is 0 Å². The van der Waals surface area contributed by atoms with Crippen molar-refractivity contribution in [2.45, 2.75) is 13.2 Å². The normalized spacial score (nSPS) is 10.6. The van der Waals surface area contributed by atoms with Gasteiger partial charge in [-0.3, -0.25) is 0 Å². The van der Waals surface area contributed by atoms with E-state index in [0.717, 1.165) is 11.1 Å². The fourth-order valence-electron chi connectivity index (χ4n) is 2.42. The van der Waals surface area contributed by atoms with E-state index in [1.54, 1.807) is 36.4 Å². The first kappa shape index (κ1) is 18.5. The van der Waals surface area contributed by atoms with E-state index in [4.69, 9.17) is 27.9 Å². The van der Waals surface area contributed by atoms with Gasteiger partial charge in [-0.1, -0.05) is 35.3 Å². The Hall–Kier alpha value is -2.30. The molecule has 0 bridgehead atoms. The number of hydrogen-bond acceptors (Lipinski definition) is 2. The van der Waals surface area contributed by atoms with Crippen molar-refractivity contribution in [3.05, 3.63) is 93.5 Å². The molecule has 2 nitrogen and oxygen atoms in total. The number of benzene rings is 3. The highest BCUT2D eigenvalue weighted by atomic mass is 35.5. The van der Waals surface area contributed by atoms with Crippen LogP contribution < -0.4 is 10.1 Å². The summed E-state index contributed by atoms with van der Waals surface area (Å²) in [5.41, 5.74) is 2.21. The molecule has 0 saturated heterocycles. The van der Waals surface area contributed by atoms with Crippen LogP contribution >= 0.6 is 23.2 Å². The molecule has 26 heavy (non-hydrogen) atoms. The van der Waals surface area contributed by atoms with E-state index in [1.165, 1.54) is 24.3 Å². The summed E-state index contributed by atoms with van der Waals surface area (Å²) in [6.45, 7) is 0.635. The van der Waals surface area contributed by atoms with E-state index >= 15 is 0 Å². The molecule has 0 aliphatic carbocycles. The van der Waals surface area contributed by atoms with E-state index in [0.29, 0.717) is 23.0 Å². The molecule has 0 unspecified atom stereocenters. The molecule has 0 aliphatic heterocycles. The van der Waals surface area contributed by atoms with Crippen LogP contribution in [0.3, 0.4) is 0 Å². The van der Waals surface area contributed by atoms with Gasteiger partial charge in [0.2, 0.25) is 0 Å². The minimum absolute atomic E-state index is 0.0451. The van der Waals surface area contributed by atoms with Crippen LogP contribution in [0.15, 0.2) is 60.7 Å². The van der Waals surface area contributed by atoms with E-state index in [9.17, 15) is 8.78 Å². The van der Waals surface area contributed by atoms with Gasteiger partial charge >= 0.3 is 0 Å². The number of anilines is 1. The molecule has 3 aromatic rings. The molecule has 3 rings (SSSR count). The Morgan fingerprint density at radius 1 is 0.923 bits per heavy atom. The molecule has 134 valence electrons. The standard InChI is InChI=1S/C20H15Cl2F2NO/c21-15-4-7-20(26-12-13-2-1-3-16(23)8-13)14(9-15)11-25-17-5-6-19(24)18(22)10-17/h1-10,25H,11-12H2. The van der Waals surface area contributed by atoms with Crippen LogP contribution in [0.4, 0.5) is 14.5 Å². The van der Waals surface area contributed by atoms with Gasteiger partial charge < -0.3 is 10.1 Å². The topological polar surface area (TPSA) is 21.3 Å². The maximum absolute atomic E-state index is 13.3. The molecule has 0 atom stereocenters. The molecule has 0 radical (unpaired) electrons. The van der Waals surface area contributed by atoms with Crippen LogP contribution in [0.1, 0.15) is 11.1 Å². The quantitative estimate of drug-likeness (QED) is 0.518. The SMILES string of the molecule is Fc1cccc(COc2ccc(Cl)cc2CNc2ccc(F)c(Cl)c2)c1. The number of halogens is 4. The smallest absolute Gasteiger partial charge is 0.141 e. The minimum Gasteiger partial charge on any atom is -0.489 e. The largest absolute Gasteiger partial charge is 0.489 e. The van der Waals surface area contributed by atoms with Crippen molar-refractivity contribution in [2.24, 2.45) is 0 Å². The predicted molar refractivity (Wildman–Crippen MR) is 101 cm³/mol. The van der Waals surface area contributed by atoms with Crippen LogP contribution in [-0.2, 0) is 13.2 Å². The summed E-state index contributed by atoms with van der Waals surface area (Å²) in [6, 6.07) is 15.9. The zero-order valence-electron chi connectivity index (χ0n) is 13.6. The summed E-state index contributed by atoms with van der Waals surface area (Å²) in [5.74, 6) is -0.157. The molecule has 3 aromatic carbocycles. The highest BCUT2D eigenvalue weighted by Crippen LogP contribution is 2.26. The van der Waals surface area contributed by atoms with E-state index in [1.807, 2.05) is 0 Å². The van der Waals surface area contributed by atoms with Gasteiger partial charge in [-0.05, 0) is 54.1 Å². The van der Waals surface area contributed by atoms with Crippen LogP contribution in [0.25, 0.3) is 0 Å². The van der Waals surface area contributed by atoms with Crippen molar-refractivity contribution in [1.82, 2.24) is 0 Å². The van der Waals surface area contributed by atoms with Crippen LogP contribution in [-0.4, -0.2) is 0 Å². The molecule has 1 N–H and O–H groups in total. The fraction of sp³-hybridized carbons (Fsp3) is 0.100. The second-order valence-corrected chi connectivity index (χ2v) is 6.50. The first-order chi connectivity index (χ1) is 12.5. The minimum atomic E-state index is -0.473. The fourth-order valence-corrected chi connectivity index (χ4v) is 2.79. The van der Waals surface area contributed by atoms with Gasteiger partial charge in [-0.2, -0.15) is 0 Å². The number of hydrogen-bond donors (Lipinski definition) is 1. The molecule has 0 aliphatic rings. The number of ether oxygens (including phenoxy) is 1. The monoisotopic (exact) mass is 393 g/mol. The Morgan fingerprint density at radius 3 is 2.54 bits per heavy atom. The summed E-state index contributed by atoms with van der Waals surface area (Å²) >= 11 is 11.9. The third-order valence-electron chi connectivity index (χ3n) is 3.71. The van der Waals surface area contributed by atoms with Gasteiger partial charge in [0.25, 0.3) is 0 Å². The van der Waals surface area contributed by atoms with Crippen molar-refractivity contribution in [2.75, 3.05) is 5.32 Å². The Labute approximate surface area is 160 Å². The number of rotatable bonds is 6. The van der Waals surface area contributed by atoms with Gasteiger partial charge in [0.15, 0.2) is 0 Å². The molecular formula is C20H15Cl2F2NO. The zero-order valence-corrected chi connectivity index (χ0v) is 15.1. The van der Waals surface area contributed by atoms with E-state index < -0.39 is 5.82 Å². The van der Waals surface area contributed by atoms with Gasteiger partial charge in [-0.15, -0.1) is 0 Å². The summed E-state index contributed by atoms with van der Waals surface area (Å²) in [7, 11) is 0. The first-order valence-corrected chi connectivity index (χ1v) is 8.61. The lowest BCUT2D eigenvalue weighted by atomic mass is 10.2.